The van der Waals surface area contributed by atoms with Crippen molar-refractivity contribution in [2.24, 2.45) is 5.73 Å². The second-order valence-electron chi connectivity index (χ2n) is 4.11. The zero-order chi connectivity index (χ0) is 9.80. The van der Waals surface area contributed by atoms with Crippen molar-refractivity contribution in [3.63, 3.8) is 0 Å². The Kier molecular flexibility index (Phi) is 3.60. The Morgan fingerprint density at radius 2 is 2.07 bits per heavy atom. The molecule has 1 nitrogen and oxygen atoms in total. The number of unbranched alkanes of at least 4 members (excludes halogenated alkanes) is 1. The van der Waals surface area contributed by atoms with Gasteiger partial charge in [0.05, 0.1) is 0 Å². The molecule has 0 atom stereocenters. The van der Waals surface area contributed by atoms with Crippen LogP contribution in [0.1, 0.15) is 41.0 Å². The molecule has 2 rings (SSSR count). The minimum atomic E-state index is 0.838. The van der Waals surface area contributed by atoms with E-state index in [1.807, 2.05) is 11.3 Å². The van der Waals surface area contributed by atoms with Crippen molar-refractivity contribution in [2.75, 3.05) is 6.54 Å². The minimum Gasteiger partial charge on any atom is -0.330 e. The monoisotopic (exact) mass is 209 g/mol. The largest absolute Gasteiger partial charge is 0.330 e. The first-order valence-corrected chi connectivity index (χ1v) is 6.52. The van der Waals surface area contributed by atoms with Crippen molar-refractivity contribution in [2.45, 2.75) is 44.9 Å². The number of nitrogens with two attached hydrogens (primary N) is 1. The van der Waals surface area contributed by atoms with Crippen LogP contribution in [-0.2, 0) is 19.3 Å². The fourth-order valence-electron chi connectivity index (χ4n) is 2.12. The molecule has 0 fully saturated rings. The summed E-state index contributed by atoms with van der Waals surface area (Å²) in [5, 5.41) is 0. The van der Waals surface area contributed by atoms with Crippen LogP contribution in [0.25, 0.3) is 0 Å². The maximum absolute atomic E-state index is 5.49. The van der Waals surface area contributed by atoms with Gasteiger partial charge in [-0.2, -0.15) is 0 Å². The molecule has 2 heteroatoms. The summed E-state index contributed by atoms with van der Waals surface area (Å²) >= 11 is 2.04. The van der Waals surface area contributed by atoms with Gasteiger partial charge in [-0.15, -0.1) is 11.3 Å². The Morgan fingerprint density at radius 3 is 2.86 bits per heavy atom. The van der Waals surface area contributed by atoms with Gasteiger partial charge < -0.3 is 5.73 Å². The molecule has 1 aliphatic carbocycles. The predicted octanol–water partition coefficient (Wildman–Crippen LogP) is 2.91. The molecule has 78 valence electrons. The normalized spacial score (nSPS) is 15.5. The minimum absolute atomic E-state index is 0.838. The molecule has 14 heavy (non-hydrogen) atoms. The van der Waals surface area contributed by atoms with Gasteiger partial charge in [0.2, 0.25) is 0 Å². The molecule has 0 amide bonds. The van der Waals surface area contributed by atoms with Crippen LogP contribution in [0.2, 0.25) is 0 Å². The lowest BCUT2D eigenvalue weighted by atomic mass is 9.99. The molecule has 2 N–H and O–H groups in total. The maximum Gasteiger partial charge on any atom is 0.00801 e. The zero-order valence-electron chi connectivity index (χ0n) is 8.72. The molecule has 0 saturated heterocycles. The Morgan fingerprint density at radius 1 is 1.21 bits per heavy atom. The van der Waals surface area contributed by atoms with Crippen molar-refractivity contribution >= 4 is 11.3 Å². The summed E-state index contributed by atoms with van der Waals surface area (Å²) in [4.78, 5) is 3.25. The Labute approximate surface area is 90.3 Å². The van der Waals surface area contributed by atoms with Crippen LogP contribution in [-0.4, -0.2) is 6.54 Å². The zero-order valence-corrected chi connectivity index (χ0v) is 9.54. The smallest absolute Gasteiger partial charge is 0.00801 e. The highest BCUT2D eigenvalue weighted by atomic mass is 32.1. The van der Waals surface area contributed by atoms with Crippen LogP contribution in [0.15, 0.2) is 6.07 Å². The van der Waals surface area contributed by atoms with Crippen LogP contribution in [0, 0.1) is 0 Å². The highest BCUT2D eigenvalue weighted by Crippen LogP contribution is 2.30. The lowest BCUT2D eigenvalue weighted by Crippen LogP contribution is -1.98. The lowest BCUT2D eigenvalue weighted by molar-refractivity contribution is 0.696. The fraction of sp³-hybridized carbons (Fsp3) is 0.667. The predicted molar refractivity (Wildman–Crippen MR) is 63.0 cm³/mol. The third-order valence-electron chi connectivity index (χ3n) is 2.92. The van der Waals surface area contributed by atoms with Gasteiger partial charge in [-0.3, -0.25) is 0 Å². The van der Waals surface area contributed by atoms with E-state index in [0.717, 1.165) is 6.54 Å². The van der Waals surface area contributed by atoms with E-state index in [4.69, 9.17) is 5.73 Å². The molecule has 0 spiro atoms. The number of hydrogen-bond donors (Lipinski definition) is 1. The van der Waals surface area contributed by atoms with Crippen molar-refractivity contribution < 1.29 is 0 Å². The molecule has 0 unspecified atom stereocenters. The molecule has 1 heterocycles. The summed E-state index contributed by atoms with van der Waals surface area (Å²) < 4.78 is 0. The quantitative estimate of drug-likeness (QED) is 0.758. The molecular weight excluding hydrogens is 190 g/mol. The third kappa shape index (κ3) is 2.37. The van der Waals surface area contributed by atoms with Gasteiger partial charge in [-0.25, -0.2) is 0 Å². The average molecular weight is 209 g/mol. The summed E-state index contributed by atoms with van der Waals surface area (Å²) in [7, 11) is 0. The van der Waals surface area contributed by atoms with Crippen molar-refractivity contribution in [1.82, 2.24) is 0 Å². The van der Waals surface area contributed by atoms with Crippen LogP contribution in [0.4, 0.5) is 0 Å². The second kappa shape index (κ2) is 4.94. The van der Waals surface area contributed by atoms with E-state index in [1.54, 1.807) is 15.3 Å². The van der Waals surface area contributed by atoms with E-state index in [1.165, 1.54) is 44.9 Å². The third-order valence-corrected chi connectivity index (χ3v) is 4.22. The molecular formula is C12H19NS. The molecule has 0 radical (unpaired) electrons. The molecule has 0 aliphatic heterocycles. The summed E-state index contributed by atoms with van der Waals surface area (Å²) in [6.45, 7) is 0.838. The molecule has 0 aromatic carbocycles. The first-order chi connectivity index (χ1) is 6.90. The van der Waals surface area contributed by atoms with Gasteiger partial charge in [0.25, 0.3) is 0 Å². The lowest BCUT2D eigenvalue weighted by Gasteiger charge is -2.08. The van der Waals surface area contributed by atoms with Gasteiger partial charge in [0.15, 0.2) is 0 Å². The fourth-order valence-corrected chi connectivity index (χ4v) is 3.42. The molecule has 0 bridgehead atoms. The van der Waals surface area contributed by atoms with E-state index < -0.39 is 0 Å². The number of thiophene rings is 1. The summed E-state index contributed by atoms with van der Waals surface area (Å²) in [6.07, 6.45) is 9.12. The highest BCUT2D eigenvalue weighted by Gasteiger charge is 2.12. The summed E-state index contributed by atoms with van der Waals surface area (Å²) in [5.74, 6) is 0. The number of hydrogen-bond acceptors (Lipinski definition) is 2. The Bertz CT molecular complexity index is 267. The second-order valence-corrected chi connectivity index (χ2v) is 5.34. The van der Waals surface area contributed by atoms with Crippen molar-refractivity contribution in [3.05, 3.63) is 21.4 Å². The molecule has 1 aromatic rings. The van der Waals surface area contributed by atoms with Crippen LogP contribution >= 0.6 is 11.3 Å². The summed E-state index contributed by atoms with van der Waals surface area (Å²) in [5.41, 5.74) is 7.14. The van der Waals surface area contributed by atoms with E-state index in [0.29, 0.717) is 0 Å². The van der Waals surface area contributed by atoms with Gasteiger partial charge in [-0.1, -0.05) is 0 Å². The van der Waals surface area contributed by atoms with Crippen LogP contribution in [0.5, 0.6) is 0 Å². The van der Waals surface area contributed by atoms with Crippen molar-refractivity contribution in [1.29, 1.82) is 0 Å². The van der Waals surface area contributed by atoms with Gasteiger partial charge in [0.1, 0.15) is 0 Å². The molecule has 1 aromatic heterocycles. The maximum atomic E-state index is 5.49. The molecule has 0 saturated carbocycles. The summed E-state index contributed by atoms with van der Waals surface area (Å²) in [6, 6.07) is 2.44. The topological polar surface area (TPSA) is 26.0 Å². The SMILES string of the molecule is NCCCCc1cc2c(s1)CCCC2. The first kappa shape index (κ1) is 10.2. The van der Waals surface area contributed by atoms with Gasteiger partial charge in [-0.05, 0) is 63.1 Å². The molecule has 1 aliphatic rings. The van der Waals surface area contributed by atoms with E-state index in [2.05, 4.69) is 6.07 Å². The van der Waals surface area contributed by atoms with E-state index in [-0.39, 0.29) is 0 Å². The first-order valence-electron chi connectivity index (χ1n) is 5.70. The van der Waals surface area contributed by atoms with E-state index >= 15 is 0 Å². The van der Waals surface area contributed by atoms with E-state index in [9.17, 15) is 0 Å². The van der Waals surface area contributed by atoms with Gasteiger partial charge in [0, 0.05) is 9.75 Å². The average Bonchev–Trinajstić information content (AvgIpc) is 2.60. The number of rotatable bonds is 4. The van der Waals surface area contributed by atoms with Crippen molar-refractivity contribution in [3.8, 4) is 0 Å². The van der Waals surface area contributed by atoms with Crippen LogP contribution in [0.3, 0.4) is 0 Å². The number of aryl methyl sites for hydroxylation is 3. The van der Waals surface area contributed by atoms with Gasteiger partial charge >= 0.3 is 0 Å². The van der Waals surface area contributed by atoms with Crippen LogP contribution < -0.4 is 5.73 Å². The Balaban J connectivity index is 1.94. The Hall–Kier alpha value is -0.340. The standard InChI is InChI=1S/C12H19NS/c13-8-4-3-6-11-9-10-5-1-2-7-12(10)14-11/h9H,1-8,13H2. The highest BCUT2D eigenvalue weighted by molar-refractivity contribution is 7.12. The number of fused-ring (bicyclic) bond motifs is 1.